The van der Waals surface area contributed by atoms with Crippen LogP contribution in [0.5, 0.6) is 0 Å². The molecule has 0 atom stereocenters. The molecule has 2 saturated heterocycles. The van der Waals surface area contributed by atoms with Crippen LogP contribution in [-0.4, -0.2) is 47.4 Å². The second kappa shape index (κ2) is 5.17. The smallest absolute Gasteiger partial charge is 0.222 e. The van der Waals surface area contributed by atoms with Gasteiger partial charge in [0.25, 0.3) is 0 Å². The Bertz CT molecular complexity index is 244. The molecule has 2 heterocycles. The lowest BCUT2D eigenvalue weighted by Gasteiger charge is -2.41. The van der Waals surface area contributed by atoms with Crippen molar-refractivity contribution in [2.75, 3.05) is 19.6 Å². The van der Waals surface area contributed by atoms with Gasteiger partial charge in [-0.25, -0.2) is 0 Å². The molecule has 0 spiro atoms. The van der Waals surface area contributed by atoms with Crippen molar-refractivity contribution in [3.05, 3.63) is 0 Å². The monoisotopic (exact) mass is 224 g/mol. The zero-order valence-corrected chi connectivity index (χ0v) is 10.6. The topological polar surface area (TPSA) is 23.6 Å². The number of hydrogen-bond acceptors (Lipinski definition) is 2. The van der Waals surface area contributed by atoms with Crippen LogP contribution in [0.1, 0.15) is 46.0 Å². The predicted octanol–water partition coefficient (Wildman–Crippen LogP) is 1.87. The summed E-state index contributed by atoms with van der Waals surface area (Å²) in [7, 11) is 0. The summed E-state index contributed by atoms with van der Waals surface area (Å²) >= 11 is 0. The van der Waals surface area contributed by atoms with Crippen molar-refractivity contribution in [2.45, 2.75) is 58.0 Å². The summed E-state index contributed by atoms with van der Waals surface area (Å²) in [6, 6.07) is 1.18. The van der Waals surface area contributed by atoms with E-state index < -0.39 is 0 Å². The number of hydrogen-bond donors (Lipinski definition) is 0. The number of carbonyl (C=O) groups is 1. The van der Waals surface area contributed by atoms with E-state index >= 15 is 0 Å². The van der Waals surface area contributed by atoms with E-state index in [9.17, 15) is 4.79 Å². The summed E-state index contributed by atoms with van der Waals surface area (Å²) in [5.41, 5.74) is 0. The first-order chi connectivity index (χ1) is 7.68. The molecule has 2 fully saturated rings. The molecule has 0 bridgehead atoms. The molecule has 92 valence electrons. The number of amides is 1. The lowest BCUT2D eigenvalue weighted by Crippen LogP contribution is -2.50. The second-order valence-electron chi connectivity index (χ2n) is 5.41. The Hall–Kier alpha value is -0.570. The molecule has 0 saturated carbocycles. The van der Waals surface area contributed by atoms with Crippen LogP contribution in [0.4, 0.5) is 0 Å². The fourth-order valence-electron chi connectivity index (χ4n) is 2.93. The van der Waals surface area contributed by atoms with E-state index in [1.54, 1.807) is 0 Å². The van der Waals surface area contributed by atoms with Crippen LogP contribution in [0.15, 0.2) is 0 Å². The fourth-order valence-corrected chi connectivity index (χ4v) is 2.93. The minimum absolute atomic E-state index is 0.397. The molecule has 0 aromatic rings. The normalized spacial score (nSPS) is 25.4. The molecule has 3 heteroatoms. The quantitative estimate of drug-likeness (QED) is 0.715. The van der Waals surface area contributed by atoms with E-state index in [4.69, 9.17) is 0 Å². The van der Waals surface area contributed by atoms with Gasteiger partial charge in [0, 0.05) is 38.1 Å². The van der Waals surface area contributed by atoms with Crippen molar-refractivity contribution < 1.29 is 4.79 Å². The van der Waals surface area contributed by atoms with E-state index in [0.29, 0.717) is 18.0 Å². The number of rotatable bonds is 2. The van der Waals surface area contributed by atoms with Gasteiger partial charge in [-0.15, -0.1) is 0 Å². The van der Waals surface area contributed by atoms with Crippen molar-refractivity contribution in [1.82, 2.24) is 9.80 Å². The summed E-state index contributed by atoms with van der Waals surface area (Å²) < 4.78 is 0. The average molecular weight is 224 g/mol. The van der Waals surface area contributed by atoms with Gasteiger partial charge >= 0.3 is 0 Å². The zero-order chi connectivity index (χ0) is 11.5. The molecule has 0 aliphatic carbocycles. The molecule has 0 aromatic heterocycles. The van der Waals surface area contributed by atoms with Gasteiger partial charge in [0.1, 0.15) is 0 Å². The lowest BCUT2D eigenvalue weighted by atomic mass is 9.99. The zero-order valence-electron chi connectivity index (χ0n) is 10.6. The first kappa shape index (κ1) is 11.9. The standard InChI is InChI=1S/C13H24N2O/c1-11(2)14-9-6-12(7-10-14)15-8-4-3-5-13(15)16/h11-12H,3-10H2,1-2H3. The molecular weight excluding hydrogens is 200 g/mol. The van der Waals surface area contributed by atoms with E-state index in [1.807, 2.05) is 0 Å². The van der Waals surface area contributed by atoms with E-state index in [0.717, 1.165) is 32.5 Å². The molecule has 0 aromatic carbocycles. The Morgan fingerprint density at radius 3 is 2.38 bits per heavy atom. The third-order valence-electron chi connectivity index (χ3n) is 4.03. The Morgan fingerprint density at radius 2 is 1.81 bits per heavy atom. The van der Waals surface area contributed by atoms with Crippen LogP contribution in [0.3, 0.4) is 0 Å². The molecule has 2 rings (SSSR count). The van der Waals surface area contributed by atoms with Crippen LogP contribution >= 0.6 is 0 Å². The highest BCUT2D eigenvalue weighted by Gasteiger charge is 2.29. The Balaban J connectivity index is 1.86. The second-order valence-corrected chi connectivity index (χ2v) is 5.41. The van der Waals surface area contributed by atoms with Gasteiger partial charge in [-0.05, 0) is 39.5 Å². The third-order valence-corrected chi connectivity index (χ3v) is 4.03. The molecule has 1 amide bonds. The Labute approximate surface area is 98.8 Å². The maximum atomic E-state index is 11.8. The minimum atomic E-state index is 0.397. The van der Waals surface area contributed by atoms with E-state index in [2.05, 4.69) is 23.6 Å². The molecule has 2 aliphatic heterocycles. The third kappa shape index (κ3) is 2.57. The minimum Gasteiger partial charge on any atom is -0.340 e. The molecule has 0 radical (unpaired) electrons. The molecule has 3 nitrogen and oxygen atoms in total. The fraction of sp³-hybridized carbons (Fsp3) is 0.923. The van der Waals surface area contributed by atoms with Gasteiger partial charge in [0.05, 0.1) is 0 Å². The molecule has 0 N–H and O–H groups in total. The van der Waals surface area contributed by atoms with Crippen LogP contribution in [0.2, 0.25) is 0 Å². The largest absolute Gasteiger partial charge is 0.340 e. The van der Waals surface area contributed by atoms with Gasteiger partial charge in [-0.2, -0.15) is 0 Å². The number of nitrogens with zero attached hydrogens (tertiary/aromatic N) is 2. The molecule has 2 aliphatic rings. The van der Waals surface area contributed by atoms with Crippen molar-refractivity contribution in [3.63, 3.8) is 0 Å². The highest BCUT2D eigenvalue weighted by atomic mass is 16.2. The van der Waals surface area contributed by atoms with Crippen molar-refractivity contribution in [2.24, 2.45) is 0 Å². The van der Waals surface area contributed by atoms with Crippen LogP contribution in [0.25, 0.3) is 0 Å². The number of likely N-dealkylation sites (tertiary alicyclic amines) is 2. The van der Waals surface area contributed by atoms with E-state index in [1.165, 1.54) is 19.3 Å². The average Bonchev–Trinajstić information content (AvgIpc) is 2.30. The summed E-state index contributed by atoms with van der Waals surface area (Å²) in [4.78, 5) is 16.5. The SMILES string of the molecule is CC(C)N1CCC(N2CCCCC2=O)CC1. The Kier molecular flexibility index (Phi) is 3.85. The summed E-state index contributed by atoms with van der Waals surface area (Å²) in [6.07, 6.45) is 5.43. The van der Waals surface area contributed by atoms with Gasteiger partial charge in [0.2, 0.25) is 5.91 Å². The molecule has 16 heavy (non-hydrogen) atoms. The highest BCUT2D eigenvalue weighted by Crippen LogP contribution is 2.22. The lowest BCUT2D eigenvalue weighted by molar-refractivity contribution is -0.136. The van der Waals surface area contributed by atoms with E-state index in [-0.39, 0.29) is 0 Å². The van der Waals surface area contributed by atoms with Gasteiger partial charge in [0.15, 0.2) is 0 Å². The van der Waals surface area contributed by atoms with Gasteiger partial charge in [-0.1, -0.05) is 0 Å². The predicted molar refractivity (Wildman–Crippen MR) is 65.3 cm³/mol. The van der Waals surface area contributed by atoms with Crippen LogP contribution < -0.4 is 0 Å². The molecule has 0 unspecified atom stereocenters. The maximum Gasteiger partial charge on any atom is 0.222 e. The van der Waals surface area contributed by atoms with Crippen LogP contribution in [-0.2, 0) is 4.79 Å². The summed E-state index contributed by atoms with van der Waals surface area (Å²) in [5.74, 6) is 0.397. The summed E-state index contributed by atoms with van der Waals surface area (Å²) in [6.45, 7) is 7.84. The highest BCUT2D eigenvalue weighted by molar-refractivity contribution is 5.77. The first-order valence-corrected chi connectivity index (χ1v) is 6.72. The molecular formula is C13H24N2O. The number of piperidine rings is 2. The first-order valence-electron chi connectivity index (χ1n) is 6.72. The summed E-state index contributed by atoms with van der Waals surface area (Å²) in [5, 5.41) is 0. The van der Waals surface area contributed by atoms with Crippen molar-refractivity contribution in [1.29, 1.82) is 0 Å². The van der Waals surface area contributed by atoms with Crippen molar-refractivity contribution in [3.8, 4) is 0 Å². The Morgan fingerprint density at radius 1 is 1.12 bits per heavy atom. The maximum absolute atomic E-state index is 11.8. The number of carbonyl (C=O) groups excluding carboxylic acids is 1. The van der Waals surface area contributed by atoms with Gasteiger partial charge < -0.3 is 9.80 Å². The van der Waals surface area contributed by atoms with Crippen molar-refractivity contribution >= 4 is 5.91 Å². The van der Waals surface area contributed by atoms with Gasteiger partial charge in [-0.3, -0.25) is 4.79 Å². The van der Waals surface area contributed by atoms with Crippen LogP contribution in [0, 0.1) is 0 Å².